The first-order valence-corrected chi connectivity index (χ1v) is 6.95. The van der Waals surface area contributed by atoms with Gasteiger partial charge >= 0.3 is 5.97 Å². The summed E-state index contributed by atoms with van der Waals surface area (Å²) in [6.45, 7) is 4.23. The number of pyridine rings is 1. The van der Waals surface area contributed by atoms with Gasteiger partial charge in [-0.15, -0.1) is 0 Å². The van der Waals surface area contributed by atoms with Gasteiger partial charge in [0, 0.05) is 17.6 Å². The quantitative estimate of drug-likeness (QED) is 0.912. The molecule has 1 aromatic heterocycles. The van der Waals surface area contributed by atoms with Crippen LogP contribution in [0.2, 0.25) is 0 Å². The minimum Gasteiger partial charge on any atom is -0.477 e. The molecule has 1 N–H and O–H groups in total. The fraction of sp³-hybridized carbons (Fsp3) is 0.375. The fourth-order valence-electron chi connectivity index (χ4n) is 3.31. The van der Waals surface area contributed by atoms with Crippen molar-refractivity contribution >= 4 is 16.9 Å². The van der Waals surface area contributed by atoms with Gasteiger partial charge in [0.25, 0.3) is 0 Å². The summed E-state index contributed by atoms with van der Waals surface area (Å²) >= 11 is 0. The molecule has 0 aliphatic carbocycles. The van der Waals surface area contributed by atoms with Gasteiger partial charge in [-0.05, 0) is 37.3 Å². The predicted octanol–water partition coefficient (Wildman–Crippen LogP) is 3.16. The van der Waals surface area contributed by atoms with Crippen LogP contribution in [0.15, 0.2) is 29.2 Å². The molecule has 1 aliphatic rings. The Labute approximate surface area is 116 Å². The molecule has 3 rings (SSSR count). The van der Waals surface area contributed by atoms with Crippen molar-refractivity contribution in [1.29, 1.82) is 0 Å². The van der Waals surface area contributed by atoms with E-state index in [2.05, 4.69) is 19.9 Å². The van der Waals surface area contributed by atoms with Crippen LogP contribution in [-0.4, -0.2) is 15.6 Å². The van der Waals surface area contributed by atoms with E-state index < -0.39 is 5.97 Å². The van der Waals surface area contributed by atoms with Crippen molar-refractivity contribution in [3.8, 4) is 0 Å². The van der Waals surface area contributed by atoms with Crippen LogP contribution in [0.3, 0.4) is 0 Å². The summed E-state index contributed by atoms with van der Waals surface area (Å²) < 4.78 is 1.96. The second-order valence-corrected chi connectivity index (χ2v) is 5.52. The number of carboxylic acids is 1. The number of carbonyl (C=O) groups is 1. The highest BCUT2D eigenvalue weighted by Crippen LogP contribution is 2.39. The number of hydrogen-bond acceptors (Lipinski definition) is 2. The van der Waals surface area contributed by atoms with E-state index in [-0.39, 0.29) is 17.0 Å². The summed E-state index contributed by atoms with van der Waals surface area (Å²) in [4.78, 5) is 23.6. The number of para-hydroxylation sites is 1. The largest absolute Gasteiger partial charge is 0.477 e. The average molecular weight is 271 g/mol. The SMILES string of the molecule is CCC1CC(C)n2cc(C(=O)O)c(=O)c3cccc1c32. The molecular weight excluding hydrogens is 254 g/mol. The Morgan fingerprint density at radius 3 is 2.85 bits per heavy atom. The Bertz CT molecular complexity index is 760. The van der Waals surface area contributed by atoms with Crippen LogP contribution in [-0.2, 0) is 0 Å². The minimum absolute atomic E-state index is 0.142. The first kappa shape index (κ1) is 12.9. The van der Waals surface area contributed by atoms with Gasteiger partial charge in [0.2, 0.25) is 5.43 Å². The van der Waals surface area contributed by atoms with Crippen LogP contribution in [0.5, 0.6) is 0 Å². The lowest BCUT2D eigenvalue weighted by molar-refractivity contribution is 0.0694. The second kappa shape index (κ2) is 4.47. The van der Waals surface area contributed by atoms with E-state index in [1.807, 2.05) is 10.6 Å². The van der Waals surface area contributed by atoms with Crippen LogP contribution >= 0.6 is 0 Å². The van der Waals surface area contributed by atoms with Gasteiger partial charge in [-0.2, -0.15) is 0 Å². The number of hydrogen-bond donors (Lipinski definition) is 1. The molecule has 20 heavy (non-hydrogen) atoms. The van der Waals surface area contributed by atoms with E-state index in [1.54, 1.807) is 6.07 Å². The maximum absolute atomic E-state index is 12.3. The van der Waals surface area contributed by atoms with Gasteiger partial charge in [-0.1, -0.05) is 19.1 Å². The molecule has 0 radical (unpaired) electrons. The van der Waals surface area contributed by atoms with E-state index in [0.717, 1.165) is 23.9 Å². The Morgan fingerprint density at radius 1 is 1.45 bits per heavy atom. The van der Waals surface area contributed by atoms with Crippen molar-refractivity contribution in [2.45, 2.75) is 38.6 Å². The Kier molecular flexibility index (Phi) is 2.89. The van der Waals surface area contributed by atoms with Crippen molar-refractivity contribution in [2.75, 3.05) is 0 Å². The number of aromatic nitrogens is 1. The molecule has 0 saturated heterocycles. The topological polar surface area (TPSA) is 59.3 Å². The zero-order valence-corrected chi connectivity index (χ0v) is 11.6. The maximum Gasteiger partial charge on any atom is 0.341 e. The minimum atomic E-state index is -1.16. The highest BCUT2D eigenvalue weighted by atomic mass is 16.4. The number of carboxylic acid groups (broad SMARTS) is 1. The Balaban J connectivity index is 2.46. The van der Waals surface area contributed by atoms with Crippen LogP contribution in [0.1, 0.15) is 54.6 Å². The zero-order chi connectivity index (χ0) is 14.4. The highest BCUT2D eigenvalue weighted by molar-refractivity contribution is 5.93. The molecule has 4 nitrogen and oxygen atoms in total. The number of benzene rings is 1. The third kappa shape index (κ3) is 1.68. The van der Waals surface area contributed by atoms with Crippen molar-refractivity contribution in [2.24, 2.45) is 0 Å². The molecular formula is C16H17NO3. The summed E-state index contributed by atoms with van der Waals surface area (Å²) in [5.74, 6) is -0.723. The lowest BCUT2D eigenvalue weighted by atomic mass is 9.85. The van der Waals surface area contributed by atoms with Gasteiger partial charge in [-0.25, -0.2) is 4.79 Å². The first-order valence-electron chi connectivity index (χ1n) is 6.95. The summed E-state index contributed by atoms with van der Waals surface area (Å²) in [6, 6.07) is 5.84. The summed E-state index contributed by atoms with van der Waals surface area (Å²) in [6.07, 6.45) is 3.51. The predicted molar refractivity (Wildman–Crippen MR) is 77.5 cm³/mol. The van der Waals surface area contributed by atoms with Crippen LogP contribution in [0, 0.1) is 0 Å². The highest BCUT2D eigenvalue weighted by Gasteiger charge is 2.27. The molecule has 0 fully saturated rings. The second-order valence-electron chi connectivity index (χ2n) is 5.52. The van der Waals surface area contributed by atoms with E-state index in [9.17, 15) is 14.7 Å². The first-order chi connectivity index (χ1) is 9.54. The summed E-state index contributed by atoms with van der Waals surface area (Å²) in [5.41, 5.74) is 1.55. The van der Waals surface area contributed by atoms with E-state index in [1.165, 1.54) is 6.20 Å². The van der Waals surface area contributed by atoms with Crippen LogP contribution in [0.4, 0.5) is 0 Å². The number of nitrogens with zero attached hydrogens (tertiary/aromatic N) is 1. The zero-order valence-electron chi connectivity index (χ0n) is 11.6. The molecule has 2 unspecified atom stereocenters. The van der Waals surface area contributed by atoms with Gasteiger partial charge in [-0.3, -0.25) is 4.79 Å². The third-order valence-corrected chi connectivity index (χ3v) is 4.35. The van der Waals surface area contributed by atoms with Gasteiger partial charge in [0.05, 0.1) is 5.52 Å². The molecule has 0 spiro atoms. The van der Waals surface area contributed by atoms with E-state index in [4.69, 9.17) is 0 Å². The van der Waals surface area contributed by atoms with Crippen LogP contribution < -0.4 is 5.43 Å². The number of rotatable bonds is 2. The van der Waals surface area contributed by atoms with Crippen molar-refractivity contribution < 1.29 is 9.90 Å². The lowest BCUT2D eigenvalue weighted by Crippen LogP contribution is -2.25. The maximum atomic E-state index is 12.3. The molecule has 2 heterocycles. The van der Waals surface area contributed by atoms with Crippen molar-refractivity contribution in [1.82, 2.24) is 4.57 Å². The van der Waals surface area contributed by atoms with E-state index in [0.29, 0.717) is 11.3 Å². The van der Waals surface area contributed by atoms with Crippen molar-refractivity contribution in [3.05, 3.63) is 45.7 Å². The fourth-order valence-corrected chi connectivity index (χ4v) is 3.31. The summed E-state index contributed by atoms with van der Waals surface area (Å²) in [5, 5.41) is 9.72. The monoisotopic (exact) mass is 271 g/mol. The van der Waals surface area contributed by atoms with Crippen molar-refractivity contribution in [3.63, 3.8) is 0 Å². The average Bonchev–Trinajstić information content (AvgIpc) is 2.44. The smallest absolute Gasteiger partial charge is 0.341 e. The molecule has 2 atom stereocenters. The molecule has 1 aromatic carbocycles. The van der Waals surface area contributed by atoms with Crippen LogP contribution in [0.25, 0.3) is 10.9 Å². The molecule has 0 amide bonds. The van der Waals surface area contributed by atoms with E-state index >= 15 is 0 Å². The standard InChI is InChI=1S/C16H17NO3/c1-3-10-7-9(2)17-8-13(16(19)20)15(18)12-6-4-5-11(10)14(12)17/h4-6,8-10H,3,7H2,1-2H3,(H,19,20). The summed E-state index contributed by atoms with van der Waals surface area (Å²) in [7, 11) is 0. The van der Waals surface area contributed by atoms with Gasteiger partial charge in [0.15, 0.2) is 0 Å². The molecule has 1 aliphatic heterocycles. The third-order valence-electron chi connectivity index (χ3n) is 4.35. The molecule has 0 saturated carbocycles. The van der Waals surface area contributed by atoms with Gasteiger partial charge < -0.3 is 9.67 Å². The molecule has 0 bridgehead atoms. The normalized spacial score (nSPS) is 21.1. The molecule has 4 heteroatoms. The number of aromatic carboxylic acids is 1. The van der Waals surface area contributed by atoms with Gasteiger partial charge in [0.1, 0.15) is 5.56 Å². The Morgan fingerprint density at radius 2 is 2.20 bits per heavy atom. The molecule has 104 valence electrons. The Hall–Kier alpha value is -2.10. The molecule has 2 aromatic rings. The lowest BCUT2D eigenvalue weighted by Gasteiger charge is -2.31.